The van der Waals surface area contributed by atoms with Crippen molar-refractivity contribution in [2.45, 2.75) is 0 Å². The van der Waals surface area contributed by atoms with Crippen molar-refractivity contribution in [3.05, 3.63) is 40.4 Å². The molecule has 1 aromatic carbocycles. The van der Waals surface area contributed by atoms with E-state index in [0.717, 1.165) is 5.55 Å². The molecule has 0 amide bonds. The molecule has 4 nitrogen and oxygen atoms in total. The average molecular weight is 258 g/mol. The summed E-state index contributed by atoms with van der Waals surface area (Å²) in [6.07, 6.45) is 1.28. The number of benzene rings is 1. The Morgan fingerprint density at radius 1 is 1.25 bits per heavy atom. The third-order valence-corrected chi connectivity index (χ3v) is 3.58. The molecule has 1 heterocycles. The van der Waals surface area contributed by atoms with Crippen LogP contribution in [0.2, 0.25) is 5.02 Å². The summed E-state index contributed by atoms with van der Waals surface area (Å²) < 4.78 is 27.9. The Hall–Kier alpha value is -1.33. The summed E-state index contributed by atoms with van der Waals surface area (Å²) in [5, 5.41) is 0.600. The third kappa shape index (κ3) is 2.43. The highest BCUT2D eigenvalue weighted by atomic mass is 35.5. The molecule has 0 radical (unpaired) electrons. The van der Waals surface area contributed by atoms with Gasteiger partial charge in [0.15, 0.2) is 0 Å². The first-order valence-corrected chi connectivity index (χ1v) is 6.36. The molecule has 6 heteroatoms. The van der Waals surface area contributed by atoms with E-state index in [0.29, 0.717) is 10.8 Å². The van der Waals surface area contributed by atoms with Crippen LogP contribution in [0.4, 0.5) is 0 Å². The van der Waals surface area contributed by atoms with Crippen molar-refractivity contribution in [1.82, 2.24) is 0 Å². The highest BCUT2D eigenvalue weighted by Gasteiger charge is 2.19. The van der Waals surface area contributed by atoms with Crippen molar-refractivity contribution >= 4 is 27.0 Å². The lowest BCUT2D eigenvalue weighted by molar-refractivity contribution is 0.358. The van der Waals surface area contributed by atoms with Crippen LogP contribution in [0.5, 0.6) is 5.75 Å². The minimum absolute atomic E-state index is 0.0238. The van der Waals surface area contributed by atoms with Crippen molar-refractivity contribution in [1.29, 1.82) is 0 Å². The van der Waals surface area contributed by atoms with Crippen LogP contribution in [-0.2, 0) is 9.84 Å². The second-order valence-electron chi connectivity index (χ2n) is 3.14. The van der Waals surface area contributed by atoms with Gasteiger partial charge in [0, 0.05) is 11.2 Å². The average Bonchev–Trinajstić information content (AvgIpc) is 2.57. The van der Waals surface area contributed by atoms with Gasteiger partial charge in [-0.3, -0.25) is 4.99 Å². The highest BCUT2D eigenvalue weighted by Crippen LogP contribution is 2.18. The monoisotopic (exact) mass is 257 g/mol. The molecule has 0 fully saturated rings. The minimum Gasteiger partial charge on any atom is -0.488 e. The molecule has 1 aromatic rings. The van der Waals surface area contributed by atoms with Crippen molar-refractivity contribution in [2.24, 2.45) is 4.99 Å². The fourth-order valence-corrected chi connectivity index (χ4v) is 2.05. The Morgan fingerprint density at radius 3 is 2.50 bits per heavy atom. The fraction of sp³-hybridized carbons (Fsp3) is 0.100. The zero-order valence-electron chi connectivity index (χ0n) is 8.13. The molecule has 1 aliphatic rings. The van der Waals surface area contributed by atoms with E-state index in [1.54, 1.807) is 24.3 Å². The number of rotatable bonds is 3. The third-order valence-electron chi connectivity index (χ3n) is 1.98. The Morgan fingerprint density at radius 2 is 1.94 bits per heavy atom. The molecule has 0 saturated heterocycles. The van der Waals surface area contributed by atoms with Crippen LogP contribution in [0.15, 0.2) is 40.4 Å². The predicted octanol–water partition coefficient (Wildman–Crippen LogP) is 2.02. The summed E-state index contributed by atoms with van der Waals surface area (Å²) >= 11 is 5.70. The Balaban J connectivity index is 2.02. The van der Waals surface area contributed by atoms with Crippen LogP contribution in [0.1, 0.15) is 0 Å². The smallest absolute Gasteiger partial charge is 0.217 e. The number of sulfone groups is 1. The van der Waals surface area contributed by atoms with Crippen LogP contribution in [0, 0.1) is 0 Å². The van der Waals surface area contributed by atoms with E-state index < -0.39 is 9.84 Å². The molecule has 0 N–H and O–H groups in total. The molecular formula is C10H8ClNO3S. The van der Waals surface area contributed by atoms with Gasteiger partial charge in [-0.15, -0.1) is 0 Å². The van der Waals surface area contributed by atoms with Crippen molar-refractivity contribution in [2.75, 3.05) is 6.61 Å². The standard InChI is InChI=1S/C10H8ClNO3S/c11-8-1-3-9(4-2-8)15-6-10-5-12-7-16(10,13)14/h1-5,7H,6H2. The summed E-state index contributed by atoms with van der Waals surface area (Å²) in [5.74, 6) is 0.562. The van der Waals surface area contributed by atoms with Gasteiger partial charge in [-0.05, 0) is 24.3 Å². The molecule has 0 spiro atoms. The molecule has 0 bridgehead atoms. The fourth-order valence-electron chi connectivity index (χ4n) is 1.14. The lowest BCUT2D eigenvalue weighted by Crippen LogP contribution is -2.09. The molecular weight excluding hydrogens is 250 g/mol. The second kappa shape index (κ2) is 4.27. The molecule has 0 atom stereocenters. The molecule has 2 rings (SSSR count). The van der Waals surface area contributed by atoms with E-state index in [4.69, 9.17) is 16.3 Å². The second-order valence-corrected chi connectivity index (χ2v) is 5.40. The van der Waals surface area contributed by atoms with Crippen molar-refractivity contribution in [3.63, 3.8) is 0 Å². The van der Waals surface area contributed by atoms with Crippen molar-refractivity contribution in [3.8, 4) is 5.75 Å². The SMILES string of the molecule is O=S1(=O)C=NC=C1COc1ccc(Cl)cc1. The van der Waals surface area contributed by atoms with Gasteiger partial charge in [0.2, 0.25) is 9.84 Å². The van der Waals surface area contributed by atoms with Crippen LogP contribution < -0.4 is 4.74 Å². The normalized spacial score (nSPS) is 17.2. The van der Waals surface area contributed by atoms with E-state index >= 15 is 0 Å². The number of ether oxygens (including phenoxy) is 1. The molecule has 0 aliphatic carbocycles. The maximum Gasteiger partial charge on any atom is 0.217 e. The summed E-state index contributed by atoms with van der Waals surface area (Å²) in [7, 11) is -3.35. The van der Waals surface area contributed by atoms with Crippen LogP contribution in [0.3, 0.4) is 0 Å². The quantitative estimate of drug-likeness (QED) is 0.832. The van der Waals surface area contributed by atoms with Crippen LogP contribution in [0.25, 0.3) is 0 Å². The van der Waals surface area contributed by atoms with E-state index in [2.05, 4.69) is 4.99 Å². The van der Waals surface area contributed by atoms with Gasteiger partial charge in [0.05, 0.1) is 0 Å². The van der Waals surface area contributed by atoms with Crippen LogP contribution in [-0.4, -0.2) is 20.6 Å². The molecule has 0 saturated carbocycles. The maximum absolute atomic E-state index is 11.3. The first-order chi connectivity index (χ1) is 7.58. The molecule has 0 aromatic heterocycles. The Kier molecular flexibility index (Phi) is 2.98. The van der Waals surface area contributed by atoms with Gasteiger partial charge in [-0.1, -0.05) is 11.6 Å². The van der Waals surface area contributed by atoms with Gasteiger partial charge in [-0.2, -0.15) is 0 Å². The largest absolute Gasteiger partial charge is 0.488 e. The van der Waals surface area contributed by atoms with Gasteiger partial charge < -0.3 is 4.74 Å². The summed E-state index contributed by atoms with van der Waals surface area (Å²) in [6, 6.07) is 6.69. The topological polar surface area (TPSA) is 55.7 Å². The predicted molar refractivity (Wildman–Crippen MR) is 62.4 cm³/mol. The minimum atomic E-state index is -3.35. The maximum atomic E-state index is 11.3. The van der Waals surface area contributed by atoms with E-state index in [1.807, 2.05) is 0 Å². The number of aliphatic imine (C=N–C) groups is 1. The number of nitrogens with zero attached hydrogens (tertiary/aromatic N) is 1. The summed E-state index contributed by atoms with van der Waals surface area (Å²) in [6.45, 7) is -0.0238. The van der Waals surface area contributed by atoms with Gasteiger partial charge >= 0.3 is 0 Å². The zero-order chi connectivity index (χ0) is 11.6. The first kappa shape index (κ1) is 11.2. The lowest BCUT2D eigenvalue weighted by atomic mass is 10.3. The molecule has 0 unspecified atom stereocenters. The van der Waals surface area contributed by atoms with E-state index in [1.165, 1.54) is 6.20 Å². The van der Waals surface area contributed by atoms with Gasteiger partial charge in [0.25, 0.3) is 0 Å². The Bertz CT molecular complexity index is 546. The number of hydrogen-bond donors (Lipinski definition) is 0. The van der Waals surface area contributed by atoms with E-state index in [9.17, 15) is 8.42 Å². The Labute approximate surface area is 98.1 Å². The first-order valence-electron chi connectivity index (χ1n) is 4.43. The summed E-state index contributed by atoms with van der Waals surface area (Å²) in [4.78, 5) is 3.72. The zero-order valence-corrected chi connectivity index (χ0v) is 9.70. The van der Waals surface area contributed by atoms with Gasteiger partial charge in [0.1, 0.15) is 22.8 Å². The summed E-state index contributed by atoms with van der Waals surface area (Å²) in [5.41, 5.74) is 0.910. The number of halogens is 1. The van der Waals surface area contributed by atoms with Gasteiger partial charge in [-0.25, -0.2) is 8.42 Å². The molecule has 16 heavy (non-hydrogen) atoms. The van der Waals surface area contributed by atoms with E-state index in [-0.39, 0.29) is 11.5 Å². The lowest BCUT2D eigenvalue weighted by Gasteiger charge is -2.05. The highest BCUT2D eigenvalue weighted by molar-refractivity contribution is 8.08. The number of hydrogen-bond acceptors (Lipinski definition) is 4. The van der Waals surface area contributed by atoms with Crippen LogP contribution >= 0.6 is 11.6 Å². The molecule has 1 aliphatic heterocycles. The van der Waals surface area contributed by atoms with Crippen molar-refractivity contribution < 1.29 is 13.2 Å². The molecule has 84 valence electrons.